The zero-order valence-corrected chi connectivity index (χ0v) is 23.3. The highest BCUT2D eigenvalue weighted by atomic mass is 35.5. The minimum absolute atomic E-state index is 0.0452. The van der Waals surface area contributed by atoms with Gasteiger partial charge in [0.15, 0.2) is 0 Å². The van der Waals surface area contributed by atoms with Crippen LogP contribution in [-0.2, 0) is 6.54 Å². The maximum absolute atomic E-state index is 13.8. The Morgan fingerprint density at radius 1 is 1.07 bits per heavy atom. The first kappa shape index (κ1) is 26.5. The van der Waals surface area contributed by atoms with Gasteiger partial charge in [0.2, 0.25) is 0 Å². The standard InChI is InChI=1S/C31H33ClN6O2/c1-20-26(16-23(32)17-34-20)30(39)36-24-8-6-21(7-9-24)19-37-28-4-2-3-5-29(28)38(31(37)40)25-10-11-27(35-18-25)22-12-14-33-15-13-22/h2-5,10-12,16-18,21,24,33H,6-9,13-15,19H2,1H3,(H,36,39)/t21-,24-. The molecule has 1 aliphatic heterocycles. The van der Waals surface area contributed by atoms with Gasteiger partial charge in [0.1, 0.15) is 0 Å². The van der Waals surface area contributed by atoms with Gasteiger partial charge >= 0.3 is 5.69 Å². The number of para-hydroxylation sites is 2. The molecular weight excluding hydrogens is 524 g/mol. The largest absolute Gasteiger partial charge is 0.349 e. The quantitative estimate of drug-likeness (QED) is 0.352. The van der Waals surface area contributed by atoms with E-state index < -0.39 is 0 Å². The lowest BCUT2D eigenvalue weighted by Gasteiger charge is -2.29. The Morgan fingerprint density at radius 3 is 2.60 bits per heavy atom. The molecule has 1 fully saturated rings. The number of amides is 1. The summed E-state index contributed by atoms with van der Waals surface area (Å²) in [7, 11) is 0. The number of hydrogen-bond acceptors (Lipinski definition) is 5. The summed E-state index contributed by atoms with van der Waals surface area (Å²) in [6.07, 6.45) is 10.1. The molecule has 0 spiro atoms. The van der Waals surface area contributed by atoms with E-state index in [0.29, 0.717) is 28.7 Å². The molecule has 8 nitrogen and oxygen atoms in total. The topological polar surface area (TPSA) is 93.8 Å². The van der Waals surface area contributed by atoms with Crippen LogP contribution in [0, 0.1) is 12.8 Å². The highest BCUT2D eigenvalue weighted by molar-refractivity contribution is 6.30. The second-order valence-corrected chi connectivity index (χ2v) is 11.2. The van der Waals surface area contributed by atoms with Gasteiger partial charge in [-0.2, -0.15) is 0 Å². The van der Waals surface area contributed by atoms with Crippen LogP contribution in [-0.4, -0.2) is 44.1 Å². The first-order chi connectivity index (χ1) is 19.5. The lowest BCUT2D eigenvalue weighted by Crippen LogP contribution is -2.39. The molecule has 6 rings (SSSR count). The number of hydrogen-bond donors (Lipinski definition) is 2. The predicted molar refractivity (Wildman–Crippen MR) is 158 cm³/mol. The molecule has 0 unspecified atom stereocenters. The molecule has 4 heterocycles. The number of fused-ring (bicyclic) bond motifs is 1. The number of nitrogens with zero attached hydrogens (tertiary/aromatic N) is 4. The first-order valence-electron chi connectivity index (χ1n) is 14.0. The van der Waals surface area contributed by atoms with Gasteiger partial charge in [0, 0.05) is 25.3 Å². The second kappa shape index (κ2) is 11.4. The summed E-state index contributed by atoms with van der Waals surface area (Å²) in [5.74, 6) is 0.221. The van der Waals surface area contributed by atoms with Crippen molar-refractivity contribution in [1.29, 1.82) is 0 Å². The van der Waals surface area contributed by atoms with Crippen LogP contribution in [0.1, 0.15) is 53.8 Å². The highest BCUT2D eigenvalue weighted by Gasteiger charge is 2.26. The molecule has 1 aliphatic carbocycles. The fraction of sp³-hybridized carbons (Fsp3) is 0.355. The van der Waals surface area contributed by atoms with Crippen molar-refractivity contribution in [3.63, 3.8) is 0 Å². The highest BCUT2D eigenvalue weighted by Crippen LogP contribution is 2.28. The Bertz CT molecular complexity index is 1630. The summed E-state index contributed by atoms with van der Waals surface area (Å²) in [5, 5.41) is 6.94. The minimum atomic E-state index is -0.133. The van der Waals surface area contributed by atoms with Crippen LogP contribution < -0.4 is 16.3 Å². The van der Waals surface area contributed by atoms with Gasteiger partial charge in [-0.05, 0) is 87.4 Å². The van der Waals surface area contributed by atoms with E-state index >= 15 is 0 Å². The minimum Gasteiger partial charge on any atom is -0.349 e. The average molecular weight is 557 g/mol. The number of rotatable bonds is 6. The SMILES string of the molecule is Cc1ncc(Cl)cc1C(=O)N[C@H]1CC[C@H](Cn2c(=O)n(-c3ccc(C4=CCNCC4)nc3)c3ccccc32)CC1. The van der Waals surface area contributed by atoms with E-state index in [2.05, 4.69) is 21.7 Å². The zero-order chi connectivity index (χ0) is 27.6. The van der Waals surface area contributed by atoms with E-state index in [1.54, 1.807) is 23.0 Å². The van der Waals surface area contributed by atoms with Gasteiger partial charge in [-0.1, -0.05) is 29.8 Å². The summed E-state index contributed by atoms with van der Waals surface area (Å²) in [5.41, 5.74) is 5.93. The third-order valence-corrected chi connectivity index (χ3v) is 8.36. The Hall–Kier alpha value is -3.75. The third kappa shape index (κ3) is 5.33. The molecule has 1 amide bonds. The number of benzene rings is 1. The molecule has 0 bridgehead atoms. The summed E-state index contributed by atoms with van der Waals surface area (Å²) >= 11 is 6.05. The average Bonchev–Trinajstić information content (AvgIpc) is 3.26. The van der Waals surface area contributed by atoms with Crippen molar-refractivity contribution >= 4 is 34.1 Å². The molecule has 1 aromatic carbocycles. The van der Waals surface area contributed by atoms with Gasteiger partial charge in [0.25, 0.3) is 5.91 Å². The molecule has 0 atom stereocenters. The molecule has 1 saturated carbocycles. The normalized spacial score (nSPS) is 19.4. The summed E-state index contributed by atoms with van der Waals surface area (Å²) in [4.78, 5) is 35.5. The van der Waals surface area contributed by atoms with Crippen molar-refractivity contribution in [3.8, 4) is 5.69 Å². The second-order valence-electron chi connectivity index (χ2n) is 10.8. The van der Waals surface area contributed by atoms with Crippen molar-refractivity contribution in [1.82, 2.24) is 29.7 Å². The number of aryl methyl sites for hydroxylation is 1. The Balaban J connectivity index is 1.17. The van der Waals surface area contributed by atoms with Crippen LogP contribution in [0.4, 0.5) is 0 Å². The molecular formula is C31H33ClN6O2. The van der Waals surface area contributed by atoms with E-state index in [1.165, 1.54) is 5.57 Å². The summed E-state index contributed by atoms with van der Waals surface area (Å²) in [6.45, 7) is 4.27. The molecule has 3 aromatic heterocycles. The van der Waals surface area contributed by atoms with E-state index in [0.717, 1.165) is 67.6 Å². The van der Waals surface area contributed by atoms with Gasteiger partial charge in [-0.25, -0.2) is 4.79 Å². The van der Waals surface area contributed by atoms with Gasteiger partial charge in [0.05, 0.1) is 44.9 Å². The zero-order valence-electron chi connectivity index (χ0n) is 22.6. The number of imidazole rings is 1. The molecule has 0 radical (unpaired) electrons. The lowest BCUT2D eigenvalue weighted by molar-refractivity contribution is 0.0919. The van der Waals surface area contributed by atoms with Crippen molar-refractivity contribution in [2.45, 2.75) is 51.6 Å². The summed E-state index contributed by atoms with van der Waals surface area (Å²) in [6, 6.07) is 13.7. The molecule has 4 aromatic rings. The van der Waals surface area contributed by atoms with E-state index in [4.69, 9.17) is 16.6 Å². The van der Waals surface area contributed by atoms with Gasteiger partial charge < -0.3 is 10.6 Å². The van der Waals surface area contributed by atoms with E-state index in [-0.39, 0.29) is 17.6 Å². The van der Waals surface area contributed by atoms with Gasteiger partial charge in [-0.3, -0.25) is 23.9 Å². The molecule has 2 aliphatic rings. The van der Waals surface area contributed by atoms with Crippen LogP contribution >= 0.6 is 11.6 Å². The number of aromatic nitrogens is 4. The number of carbonyl (C=O) groups excluding carboxylic acids is 1. The Labute approximate surface area is 238 Å². The molecule has 40 heavy (non-hydrogen) atoms. The van der Waals surface area contributed by atoms with Crippen molar-refractivity contribution in [2.75, 3.05) is 13.1 Å². The fourth-order valence-corrected chi connectivity index (χ4v) is 6.10. The van der Waals surface area contributed by atoms with Crippen LogP contribution in [0.15, 0.2) is 65.7 Å². The van der Waals surface area contributed by atoms with Crippen LogP contribution in [0.2, 0.25) is 5.02 Å². The molecule has 0 saturated heterocycles. The lowest BCUT2D eigenvalue weighted by atomic mass is 9.85. The van der Waals surface area contributed by atoms with Gasteiger partial charge in [-0.15, -0.1) is 0 Å². The van der Waals surface area contributed by atoms with Crippen molar-refractivity contribution in [2.24, 2.45) is 5.92 Å². The van der Waals surface area contributed by atoms with E-state index in [9.17, 15) is 9.59 Å². The number of pyridine rings is 2. The number of nitrogens with one attached hydrogen (secondary N) is 2. The monoisotopic (exact) mass is 556 g/mol. The third-order valence-electron chi connectivity index (χ3n) is 8.16. The number of carbonyl (C=O) groups is 1. The van der Waals surface area contributed by atoms with Crippen LogP contribution in [0.5, 0.6) is 0 Å². The first-order valence-corrected chi connectivity index (χ1v) is 14.4. The van der Waals surface area contributed by atoms with Crippen LogP contribution in [0.25, 0.3) is 22.3 Å². The fourth-order valence-electron chi connectivity index (χ4n) is 5.95. The maximum atomic E-state index is 13.8. The Kier molecular flexibility index (Phi) is 7.54. The Morgan fingerprint density at radius 2 is 1.88 bits per heavy atom. The molecule has 9 heteroatoms. The number of halogens is 1. The van der Waals surface area contributed by atoms with Crippen molar-refractivity contribution in [3.05, 3.63) is 93.4 Å². The van der Waals surface area contributed by atoms with E-state index in [1.807, 2.05) is 47.9 Å². The smallest absolute Gasteiger partial charge is 0.333 e. The maximum Gasteiger partial charge on any atom is 0.333 e. The molecule has 206 valence electrons. The van der Waals surface area contributed by atoms with Crippen molar-refractivity contribution < 1.29 is 4.79 Å². The molecule has 2 N–H and O–H groups in total. The predicted octanol–water partition coefficient (Wildman–Crippen LogP) is 4.91. The summed E-state index contributed by atoms with van der Waals surface area (Å²) < 4.78 is 3.68. The van der Waals surface area contributed by atoms with Crippen LogP contribution in [0.3, 0.4) is 0 Å².